The Hall–Kier alpha value is -2.23. The van der Waals surface area contributed by atoms with Crippen molar-refractivity contribution >= 4 is 21.6 Å². The van der Waals surface area contributed by atoms with Gasteiger partial charge in [0.1, 0.15) is 0 Å². The van der Waals surface area contributed by atoms with Gasteiger partial charge in [-0.05, 0) is 36.2 Å². The van der Waals surface area contributed by atoms with Crippen LogP contribution in [0.15, 0.2) is 29.2 Å². The van der Waals surface area contributed by atoms with E-state index in [4.69, 9.17) is 0 Å². The standard InChI is InChI=1S/C16H18N4O4S/c21-10-12-8-13-9-19(5-6-20(13)18-12)25(23,24)14-2-3-15-11(7-14)1-4-16(22)17-15/h2-3,7-8,21H,1,4-6,9-10H2,(H,17,22). The van der Waals surface area contributed by atoms with E-state index in [1.807, 2.05) is 0 Å². The number of carbonyl (C=O) groups is 1. The molecule has 9 heteroatoms. The van der Waals surface area contributed by atoms with Crippen LogP contribution in [0.25, 0.3) is 0 Å². The predicted molar refractivity (Wildman–Crippen MR) is 89.1 cm³/mol. The largest absolute Gasteiger partial charge is 0.390 e. The molecule has 0 radical (unpaired) electrons. The highest BCUT2D eigenvalue weighted by molar-refractivity contribution is 7.89. The van der Waals surface area contributed by atoms with Gasteiger partial charge < -0.3 is 10.4 Å². The van der Waals surface area contributed by atoms with Gasteiger partial charge in [-0.25, -0.2) is 8.42 Å². The summed E-state index contributed by atoms with van der Waals surface area (Å²) in [5.74, 6) is -0.0490. The molecule has 1 amide bonds. The topological polar surface area (TPSA) is 105 Å². The number of anilines is 1. The molecule has 8 nitrogen and oxygen atoms in total. The number of fused-ring (bicyclic) bond motifs is 2. The molecule has 25 heavy (non-hydrogen) atoms. The summed E-state index contributed by atoms with van der Waals surface area (Å²) in [5.41, 5.74) is 2.83. The van der Waals surface area contributed by atoms with Crippen molar-refractivity contribution in [3.05, 3.63) is 41.2 Å². The third kappa shape index (κ3) is 2.84. The number of nitrogens with zero attached hydrogens (tertiary/aromatic N) is 3. The van der Waals surface area contributed by atoms with E-state index in [1.54, 1.807) is 22.9 Å². The van der Waals surface area contributed by atoms with Gasteiger partial charge in [0.15, 0.2) is 0 Å². The van der Waals surface area contributed by atoms with Gasteiger partial charge in [0.25, 0.3) is 0 Å². The normalized spacial score (nSPS) is 17.7. The van der Waals surface area contributed by atoms with Crippen LogP contribution in [-0.2, 0) is 40.9 Å². The summed E-state index contributed by atoms with van der Waals surface area (Å²) in [6.07, 6.45) is 0.903. The van der Waals surface area contributed by atoms with Crippen molar-refractivity contribution in [1.82, 2.24) is 14.1 Å². The highest BCUT2D eigenvalue weighted by atomic mass is 32.2. The summed E-state index contributed by atoms with van der Waals surface area (Å²) in [6.45, 7) is 0.845. The summed E-state index contributed by atoms with van der Waals surface area (Å²) in [6, 6.07) is 6.56. The second-order valence-electron chi connectivity index (χ2n) is 6.21. The highest BCUT2D eigenvalue weighted by Gasteiger charge is 2.30. The van der Waals surface area contributed by atoms with Gasteiger partial charge in [0.2, 0.25) is 15.9 Å². The van der Waals surface area contributed by atoms with Gasteiger partial charge >= 0.3 is 0 Å². The quantitative estimate of drug-likeness (QED) is 0.826. The molecule has 2 aromatic rings. The van der Waals surface area contributed by atoms with Crippen molar-refractivity contribution in [2.24, 2.45) is 0 Å². The first-order valence-corrected chi connectivity index (χ1v) is 9.51. The number of aliphatic hydroxyl groups excluding tert-OH is 1. The van der Waals surface area contributed by atoms with Crippen LogP contribution in [-0.4, -0.2) is 40.1 Å². The van der Waals surface area contributed by atoms with Gasteiger partial charge in [0.05, 0.1) is 36.0 Å². The maximum atomic E-state index is 13.0. The maximum absolute atomic E-state index is 13.0. The Labute approximate surface area is 145 Å². The monoisotopic (exact) mass is 362 g/mol. The van der Waals surface area contributed by atoms with E-state index in [-0.39, 0.29) is 24.0 Å². The molecule has 2 N–H and O–H groups in total. The summed E-state index contributed by atoms with van der Waals surface area (Å²) in [7, 11) is -3.63. The van der Waals surface area contributed by atoms with Gasteiger partial charge in [-0.15, -0.1) is 0 Å². The van der Waals surface area contributed by atoms with E-state index in [0.717, 1.165) is 11.3 Å². The fourth-order valence-electron chi connectivity index (χ4n) is 3.25. The maximum Gasteiger partial charge on any atom is 0.243 e. The third-order valence-corrected chi connectivity index (χ3v) is 6.43. The van der Waals surface area contributed by atoms with E-state index >= 15 is 0 Å². The molecule has 1 aromatic heterocycles. The Morgan fingerprint density at radius 3 is 2.84 bits per heavy atom. The molecule has 0 aliphatic carbocycles. The van der Waals surface area contributed by atoms with Crippen molar-refractivity contribution < 1.29 is 18.3 Å². The first kappa shape index (κ1) is 16.2. The van der Waals surface area contributed by atoms with Crippen LogP contribution in [0.5, 0.6) is 0 Å². The number of benzene rings is 1. The van der Waals surface area contributed by atoms with Gasteiger partial charge in [-0.2, -0.15) is 9.40 Å². The van der Waals surface area contributed by atoms with Crippen LogP contribution < -0.4 is 5.32 Å². The summed E-state index contributed by atoms with van der Waals surface area (Å²) in [5, 5.41) is 16.2. The SMILES string of the molecule is O=C1CCc2cc(S(=O)(=O)N3CCn4nc(CO)cc4C3)ccc2N1. The van der Waals surface area contributed by atoms with E-state index < -0.39 is 10.0 Å². The van der Waals surface area contributed by atoms with Gasteiger partial charge in [-0.3, -0.25) is 9.48 Å². The minimum absolute atomic E-state index is 0.0490. The molecule has 1 aromatic carbocycles. The minimum Gasteiger partial charge on any atom is -0.390 e. The molecule has 0 atom stereocenters. The Morgan fingerprint density at radius 2 is 2.04 bits per heavy atom. The van der Waals surface area contributed by atoms with E-state index in [2.05, 4.69) is 10.4 Å². The molecule has 0 unspecified atom stereocenters. The first-order chi connectivity index (χ1) is 12.0. The Kier molecular flexibility index (Phi) is 3.86. The molecule has 2 aliphatic rings. The average molecular weight is 362 g/mol. The summed E-state index contributed by atoms with van der Waals surface area (Å²) < 4.78 is 29.1. The van der Waals surface area contributed by atoms with Crippen LogP contribution in [0.3, 0.4) is 0 Å². The first-order valence-electron chi connectivity index (χ1n) is 8.07. The number of sulfonamides is 1. The lowest BCUT2D eigenvalue weighted by Crippen LogP contribution is -2.38. The lowest BCUT2D eigenvalue weighted by atomic mass is 10.0. The lowest BCUT2D eigenvalue weighted by molar-refractivity contribution is -0.116. The molecule has 0 saturated carbocycles. The van der Waals surface area contributed by atoms with Crippen molar-refractivity contribution in [3.63, 3.8) is 0 Å². The zero-order chi connectivity index (χ0) is 17.6. The third-order valence-electron chi connectivity index (χ3n) is 4.59. The molecule has 0 bridgehead atoms. The van der Waals surface area contributed by atoms with E-state index in [0.29, 0.717) is 37.3 Å². The van der Waals surface area contributed by atoms with Crippen molar-refractivity contribution in [2.75, 3.05) is 11.9 Å². The molecule has 0 spiro atoms. The molecular weight excluding hydrogens is 344 g/mol. The van der Waals surface area contributed by atoms with Crippen LogP contribution >= 0.6 is 0 Å². The van der Waals surface area contributed by atoms with Crippen molar-refractivity contribution in [2.45, 2.75) is 37.4 Å². The molecule has 2 aliphatic heterocycles. The van der Waals surface area contributed by atoms with E-state index in [1.165, 1.54) is 10.4 Å². The molecule has 132 valence electrons. The van der Waals surface area contributed by atoms with Crippen LogP contribution in [0.1, 0.15) is 23.4 Å². The molecule has 0 fully saturated rings. The number of aliphatic hydroxyl groups is 1. The number of hydrogen-bond acceptors (Lipinski definition) is 5. The molecule has 4 rings (SSSR count). The number of aromatic nitrogens is 2. The molecular formula is C16H18N4O4S. The lowest BCUT2D eigenvalue weighted by Gasteiger charge is -2.27. The van der Waals surface area contributed by atoms with Gasteiger partial charge in [0, 0.05) is 18.7 Å². The van der Waals surface area contributed by atoms with E-state index in [9.17, 15) is 18.3 Å². The fraction of sp³-hybridized carbons (Fsp3) is 0.375. The van der Waals surface area contributed by atoms with Crippen LogP contribution in [0.4, 0.5) is 5.69 Å². The Morgan fingerprint density at radius 1 is 1.20 bits per heavy atom. The number of carbonyl (C=O) groups excluding carboxylic acids is 1. The number of rotatable bonds is 3. The average Bonchev–Trinajstić information content (AvgIpc) is 3.03. The predicted octanol–water partition coefficient (Wildman–Crippen LogP) is 0.465. The summed E-state index contributed by atoms with van der Waals surface area (Å²) in [4.78, 5) is 11.7. The molecule has 3 heterocycles. The highest BCUT2D eigenvalue weighted by Crippen LogP contribution is 2.28. The Balaban J connectivity index is 1.63. The minimum atomic E-state index is -3.63. The zero-order valence-electron chi connectivity index (χ0n) is 13.5. The second-order valence-corrected chi connectivity index (χ2v) is 8.15. The number of amides is 1. The summed E-state index contributed by atoms with van der Waals surface area (Å²) >= 11 is 0. The van der Waals surface area contributed by atoms with Crippen molar-refractivity contribution in [1.29, 1.82) is 0 Å². The molecule has 0 saturated heterocycles. The van der Waals surface area contributed by atoms with Crippen molar-refractivity contribution in [3.8, 4) is 0 Å². The Bertz CT molecular complexity index is 951. The number of aryl methyl sites for hydroxylation is 1. The second kappa shape index (κ2) is 5.94. The zero-order valence-corrected chi connectivity index (χ0v) is 14.3. The number of nitrogens with one attached hydrogen (secondary N) is 1. The van der Waals surface area contributed by atoms with Gasteiger partial charge in [-0.1, -0.05) is 0 Å². The van der Waals surface area contributed by atoms with Crippen LogP contribution in [0.2, 0.25) is 0 Å². The smallest absolute Gasteiger partial charge is 0.243 e. The van der Waals surface area contributed by atoms with Crippen LogP contribution in [0, 0.1) is 0 Å². The fourth-order valence-corrected chi connectivity index (χ4v) is 4.71. The number of hydrogen-bond donors (Lipinski definition) is 2.